The van der Waals surface area contributed by atoms with Gasteiger partial charge in [0.05, 0.1) is 18.0 Å². The van der Waals surface area contributed by atoms with Crippen LogP contribution in [-0.4, -0.2) is 86.6 Å². The average molecular weight is 522 g/mol. The van der Waals surface area contributed by atoms with E-state index in [-0.39, 0.29) is 30.8 Å². The molecule has 0 fully saturated rings. The number of pyridine rings is 1. The van der Waals surface area contributed by atoms with E-state index in [1.807, 2.05) is 0 Å². The van der Waals surface area contributed by atoms with Crippen LogP contribution in [-0.2, 0) is 19.1 Å². The predicted molar refractivity (Wildman–Crippen MR) is 127 cm³/mol. The molecule has 2 aromatic rings. The van der Waals surface area contributed by atoms with Crippen molar-refractivity contribution in [3.8, 4) is 0 Å². The summed E-state index contributed by atoms with van der Waals surface area (Å²) in [4.78, 5) is 60.3. The summed E-state index contributed by atoms with van der Waals surface area (Å²) in [5.41, 5.74) is 0.206. The fraction of sp³-hybridized carbons (Fsp3) is 0.318. The van der Waals surface area contributed by atoms with Crippen LogP contribution in [0.1, 0.15) is 23.7 Å². The maximum Gasteiger partial charge on any atom is 0.335 e. The molecule has 0 saturated heterocycles. The number of nitro groups is 1. The van der Waals surface area contributed by atoms with Gasteiger partial charge in [0.2, 0.25) is 0 Å². The highest BCUT2D eigenvalue weighted by Gasteiger charge is 2.29. The number of hydrogen-bond donors (Lipinski definition) is 5. The van der Waals surface area contributed by atoms with Crippen LogP contribution in [0.15, 0.2) is 42.6 Å². The zero-order chi connectivity index (χ0) is 28.1. The summed E-state index contributed by atoms with van der Waals surface area (Å²) in [6.45, 7) is 1.98. The number of ether oxygens (including phenoxy) is 1. The molecule has 2 atom stereocenters. The Morgan fingerprint density at radius 3 is 2.19 bits per heavy atom. The van der Waals surface area contributed by atoms with Crippen LogP contribution in [0.4, 0.5) is 17.2 Å². The SMILES string of the molecule is CCOC(=O)CCN(C(=O)c1ccc(NC)c([N+](=O)[O-])c1)c1ccccn1.O=C(O)C(O)C(O)C(=O)O. The van der Waals surface area contributed by atoms with Gasteiger partial charge < -0.3 is 30.5 Å². The molecular formula is C22H26N4O11. The molecule has 2 rings (SSSR count). The summed E-state index contributed by atoms with van der Waals surface area (Å²) in [7, 11) is 1.56. The second-order valence-corrected chi connectivity index (χ2v) is 7.00. The molecule has 0 aliphatic heterocycles. The van der Waals surface area contributed by atoms with Crippen LogP contribution in [0, 0.1) is 10.1 Å². The van der Waals surface area contributed by atoms with E-state index in [2.05, 4.69) is 10.3 Å². The number of carbonyl (C=O) groups excluding carboxylic acids is 2. The summed E-state index contributed by atoms with van der Waals surface area (Å²) in [5.74, 6) is -4.14. The van der Waals surface area contributed by atoms with Gasteiger partial charge in [-0.3, -0.25) is 24.6 Å². The van der Waals surface area contributed by atoms with E-state index in [1.54, 1.807) is 32.2 Å². The number of hydrogen-bond acceptors (Lipinski definition) is 11. The van der Waals surface area contributed by atoms with Crippen LogP contribution in [0.5, 0.6) is 0 Å². The first kappa shape index (κ1) is 30.4. The van der Waals surface area contributed by atoms with Crippen LogP contribution in [0.3, 0.4) is 0 Å². The van der Waals surface area contributed by atoms with Crippen LogP contribution in [0.25, 0.3) is 0 Å². The molecule has 15 nitrogen and oxygen atoms in total. The van der Waals surface area contributed by atoms with E-state index in [4.69, 9.17) is 25.2 Å². The van der Waals surface area contributed by atoms with E-state index in [1.165, 1.54) is 29.3 Å². The van der Waals surface area contributed by atoms with Crippen molar-refractivity contribution in [2.75, 3.05) is 30.4 Å². The lowest BCUT2D eigenvalue weighted by Gasteiger charge is -2.21. The molecule has 0 saturated carbocycles. The number of benzene rings is 1. The second-order valence-electron chi connectivity index (χ2n) is 7.00. The minimum absolute atomic E-state index is 0.0210. The number of amides is 1. The minimum atomic E-state index is -2.27. The standard InChI is InChI=1S/C18H20N4O5.C4H6O6/c1-3-27-17(23)9-11-21(16-6-4-5-10-20-16)18(24)13-7-8-14(19-2)15(12-13)22(25)26;5-1(3(7)8)2(6)4(9)10/h4-8,10,12,19H,3,9,11H2,1-2H3;1-2,5-6H,(H,7,8)(H,9,10). The third-order valence-corrected chi connectivity index (χ3v) is 4.53. The number of rotatable bonds is 11. The molecule has 2 unspecified atom stereocenters. The Morgan fingerprint density at radius 2 is 1.73 bits per heavy atom. The zero-order valence-corrected chi connectivity index (χ0v) is 19.8. The molecule has 0 aliphatic carbocycles. The third kappa shape index (κ3) is 9.15. The molecule has 0 spiro atoms. The van der Waals surface area contributed by atoms with E-state index < -0.39 is 40.9 Å². The molecule has 0 bridgehead atoms. The molecule has 1 aromatic carbocycles. The molecule has 0 aliphatic rings. The fourth-order valence-corrected chi connectivity index (χ4v) is 2.72. The number of nitrogens with zero attached hydrogens (tertiary/aromatic N) is 3. The Morgan fingerprint density at radius 1 is 1.11 bits per heavy atom. The van der Waals surface area contributed by atoms with Crippen molar-refractivity contribution in [1.82, 2.24) is 4.98 Å². The first-order valence-electron chi connectivity index (χ1n) is 10.6. The van der Waals surface area contributed by atoms with E-state index >= 15 is 0 Å². The number of aliphatic carboxylic acids is 2. The number of aliphatic hydroxyl groups is 2. The van der Waals surface area contributed by atoms with Gasteiger partial charge in [0.15, 0.2) is 12.2 Å². The van der Waals surface area contributed by atoms with Gasteiger partial charge in [-0.2, -0.15) is 0 Å². The molecule has 1 heterocycles. The van der Waals surface area contributed by atoms with Crippen LogP contribution >= 0.6 is 0 Å². The van der Waals surface area contributed by atoms with Gasteiger partial charge in [0, 0.05) is 31.4 Å². The lowest BCUT2D eigenvalue weighted by Crippen LogP contribution is -2.39. The topological polar surface area (TPSA) is 230 Å². The van der Waals surface area contributed by atoms with Gasteiger partial charge in [0.1, 0.15) is 11.5 Å². The highest BCUT2D eigenvalue weighted by Crippen LogP contribution is 2.26. The minimum Gasteiger partial charge on any atom is -0.479 e. The monoisotopic (exact) mass is 522 g/mol. The number of carboxylic acids is 2. The smallest absolute Gasteiger partial charge is 0.335 e. The Balaban J connectivity index is 0.000000580. The highest BCUT2D eigenvalue weighted by atomic mass is 16.6. The maximum absolute atomic E-state index is 13.0. The molecule has 1 amide bonds. The predicted octanol–water partition coefficient (Wildman–Crippen LogP) is 0.509. The second kappa shape index (κ2) is 14.7. The largest absolute Gasteiger partial charge is 0.479 e. The van der Waals surface area contributed by atoms with Crippen molar-refractivity contribution in [2.45, 2.75) is 25.6 Å². The molecule has 200 valence electrons. The maximum atomic E-state index is 13.0. The van der Waals surface area contributed by atoms with Crippen LogP contribution < -0.4 is 10.2 Å². The van der Waals surface area contributed by atoms with Gasteiger partial charge in [-0.05, 0) is 31.2 Å². The van der Waals surface area contributed by atoms with Crippen molar-refractivity contribution in [3.63, 3.8) is 0 Å². The lowest BCUT2D eigenvalue weighted by molar-refractivity contribution is -0.384. The van der Waals surface area contributed by atoms with Crippen molar-refractivity contribution >= 4 is 41.0 Å². The van der Waals surface area contributed by atoms with E-state index in [0.29, 0.717) is 11.5 Å². The number of esters is 1. The molecule has 15 heteroatoms. The molecule has 37 heavy (non-hydrogen) atoms. The number of nitro benzene ring substituents is 1. The first-order chi connectivity index (χ1) is 17.4. The lowest BCUT2D eigenvalue weighted by atomic mass is 10.1. The number of aliphatic hydroxyl groups excluding tert-OH is 2. The Hall–Kier alpha value is -4.63. The first-order valence-corrected chi connectivity index (χ1v) is 10.6. The third-order valence-electron chi connectivity index (χ3n) is 4.53. The molecule has 1 aromatic heterocycles. The Labute approximate surface area is 210 Å². The van der Waals surface area contributed by atoms with Crippen molar-refractivity contribution in [2.24, 2.45) is 0 Å². The van der Waals surface area contributed by atoms with Gasteiger partial charge in [0.25, 0.3) is 11.6 Å². The number of nitrogens with one attached hydrogen (secondary N) is 1. The highest BCUT2D eigenvalue weighted by molar-refractivity contribution is 6.06. The summed E-state index contributed by atoms with van der Waals surface area (Å²) in [6.07, 6.45) is -3.03. The van der Waals surface area contributed by atoms with Crippen molar-refractivity contribution < 1.29 is 49.3 Å². The van der Waals surface area contributed by atoms with Crippen LogP contribution in [0.2, 0.25) is 0 Å². The summed E-state index contributed by atoms with van der Waals surface area (Å²) < 4.78 is 4.90. The summed E-state index contributed by atoms with van der Waals surface area (Å²) in [6, 6.07) is 9.19. The number of anilines is 2. The Bertz CT molecular complexity index is 1090. The fourth-order valence-electron chi connectivity index (χ4n) is 2.72. The molecule has 0 radical (unpaired) electrons. The average Bonchev–Trinajstić information content (AvgIpc) is 2.88. The van der Waals surface area contributed by atoms with E-state index in [0.717, 1.165) is 0 Å². The number of carboxylic acid groups (broad SMARTS) is 2. The van der Waals surface area contributed by atoms with Gasteiger partial charge in [-0.15, -0.1) is 0 Å². The number of carbonyl (C=O) groups is 4. The van der Waals surface area contributed by atoms with E-state index in [9.17, 15) is 29.3 Å². The van der Waals surface area contributed by atoms with Crippen molar-refractivity contribution in [1.29, 1.82) is 0 Å². The van der Waals surface area contributed by atoms with Gasteiger partial charge >= 0.3 is 17.9 Å². The molecule has 5 N–H and O–H groups in total. The molecular weight excluding hydrogens is 496 g/mol. The van der Waals surface area contributed by atoms with Gasteiger partial charge in [-0.1, -0.05) is 6.07 Å². The summed E-state index contributed by atoms with van der Waals surface area (Å²) >= 11 is 0. The van der Waals surface area contributed by atoms with Gasteiger partial charge in [-0.25, -0.2) is 14.6 Å². The van der Waals surface area contributed by atoms with Crippen molar-refractivity contribution in [3.05, 3.63) is 58.3 Å². The summed E-state index contributed by atoms with van der Waals surface area (Å²) in [5, 5.41) is 46.5. The quantitative estimate of drug-likeness (QED) is 0.154. The zero-order valence-electron chi connectivity index (χ0n) is 19.8. The Kier molecular flexibility index (Phi) is 12.1. The normalized spacial score (nSPS) is 11.7. The number of aromatic nitrogens is 1.